The minimum absolute atomic E-state index is 0.296. The average Bonchev–Trinajstić information content (AvgIpc) is 2.75. The van der Waals surface area contributed by atoms with E-state index in [0.29, 0.717) is 60.0 Å². The molecule has 7 nitrogen and oxygen atoms in total. The number of carbonyl (C=O) groups is 1. The number of anilines is 2. The highest BCUT2D eigenvalue weighted by Crippen LogP contribution is 2.28. The minimum Gasteiger partial charge on any atom is -0.378 e. The summed E-state index contributed by atoms with van der Waals surface area (Å²) in [5.41, 5.74) is 7.99. The SMILES string of the molecule is CC(Nc1ccc(F)c(F)c1)c1cc(C(N)=O)cc2ncc(N3CCOCC3)nc12. The highest BCUT2D eigenvalue weighted by molar-refractivity contribution is 5.97. The van der Waals surface area contributed by atoms with Gasteiger partial charge in [0.05, 0.1) is 36.5 Å². The number of carbonyl (C=O) groups excluding carboxylic acids is 1. The Morgan fingerprint density at radius 3 is 2.67 bits per heavy atom. The van der Waals surface area contributed by atoms with Crippen molar-refractivity contribution in [2.24, 2.45) is 5.73 Å². The maximum atomic E-state index is 13.6. The molecule has 156 valence electrons. The van der Waals surface area contributed by atoms with Gasteiger partial charge in [0, 0.05) is 36.0 Å². The minimum atomic E-state index is -0.947. The zero-order chi connectivity index (χ0) is 21.3. The first kappa shape index (κ1) is 20.0. The molecule has 3 N–H and O–H groups in total. The second kappa shape index (κ2) is 8.19. The highest BCUT2D eigenvalue weighted by Gasteiger charge is 2.19. The Kier molecular flexibility index (Phi) is 5.45. The molecule has 1 amide bonds. The Balaban J connectivity index is 1.75. The van der Waals surface area contributed by atoms with E-state index in [1.807, 2.05) is 6.92 Å². The summed E-state index contributed by atoms with van der Waals surface area (Å²) in [4.78, 5) is 23.2. The molecule has 0 spiro atoms. The van der Waals surface area contributed by atoms with E-state index in [-0.39, 0.29) is 6.04 Å². The lowest BCUT2D eigenvalue weighted by molar-refractivity contribution is 0.1000. The summed E-state index contributed by atoms with van der Waals surface area (Å²) in [6, 6.07) is 6.45. The zero-order valence-electron chi connectivity index (χ0n) is 16.4. The standard InChI is InChI=1S/C21H21F2N5O2/c1-12(26-14-2-3-16(22)17(23)10-14)15-8-13(21(24)29)9-18-20(15)27-19(11-25-18)28-4-6-30-7-5-28/h2-3,8-12,26H,4-7H2,1H3,(H2,24,29). The average molecular weight is 413 g/mol. The van der Waals surface area contributed by atoms with E-state index < -0.39 is 17.5 Å². The molecule has 30 heavy (non-hydrogen) atoms. The molecule has 0 aliphatic carbocycles. The Morgan fingerprint density at radius 2 is 1.97 bits per heavy atom. The van der Waals surface area contributed by atoms with Crippen LogP contribution < -0.4 is 16.0 Å². The van der Waals surface area contributed by atoms with Gasteiger partial charge in [-0.1, -0.05) is 0 Å². The van der Waals surface area contributed by atoms with Crippen molar-refractivity contribution in [3.8, 4) is 0 Å². The Bertz CT molecular complexity index is 1100. The zero-order valence-corrected chi connectivity index (χ0v) is 16.4. The van der Waals surface area contributed by atoms with E-state index in [0.717, 1.165) is 12.1 Å². The monoisotopic (exact) mass is 413 g/mol. The summed E-state index contributed by atoms with van der Waals surface area (Å²) in [7, 11) is 0. The van der Waals surface area contributed by atoms with Gasteiger partial charge >= 0.3 is 0 Å². The van der Waals surface area contributed by atoms with E-state index in [1.165, 1.54) is 6.07 Å². The quantitative estimate of drug-likeness (QED) is 0.668. The number of hydrogen-bond acceptors (Lipinski definition) is 6. The molecule has 0 bridgehead atoms. The van der Waals surface area contributed by atoms with Crippen molar-refractivity contribution >= 4 is 28.4 Å². The number of amides is 1. The summed E-state index contributed by atoms with van der Waals surface area (Å²) in [6.07, 6.45) is 1.66. The number of halogens is 2. The molecule has 1 saturated heterocycles. The number of nitrogens with two attached hydrogens (primary N) is 1. The fraction of sp³-hybridized carbons (Fsp3) is 0.286. The third-order valence-corrected chi connectivity index (χ3v) is 5.05. The molecular weight excluding hydrogens is 392 g/mol. The molecule has 0 saturated carbocycles. The lowest BCUT2D eigenvalue weighted by Gasteiger charge is -2.28. The number of hydrogen-bond donors (Lipinski definition) is 2. The summed E-state index contributed by atoms with van der Waals surface area (Å²) in [6.45, 7) is 4.47. The van der Waals surface area contributed by atoms with Crippen molar-refractivity contribution in [1.29, 1.82) is 0 Å². The predicted octanol–water partition coefficient (Wildman–Crippen LogP) is 3.02. The van der Waals surface area contributed by atoms with Crippen LogP contribution in [0.2, 0.25) is 0 Å². The van der Waals surface area contributed by atoms with Crippen molar-refractivity contribution in [3.63, 3.8) is 0 Å². The van der Waals surface area contributed by atoms with Gasteiger partial charge < -0.3 is 20.7 Å². The molecule has 3 aromatic rings. The van der Waals surface area contributed by atoms with Crippen LogP contribution in [-0.4, -0.2) is 42.2 Å². The molecule has 1 unspecified atom stereocenters. The van der Waals surface area contributed by atoms with Crippen LogP contribution in [-0.2, 0) is 4.74 Å². The Labute approximate surface area is 171 Å². The van der Waals surface area contributed by atoms with Crippen LogP contribution in [0, 0.1) is 11.6 Å². The fourth-order valence-electron chi connectivity index (χ4n) is 3.46. The van der Waals surface area contributed by atoms with Crippen molar-refractivity contribution < 1.29 is 18.3 Å². The van der Waals surface area contributed by atoms with Crippen LogP contribution in [0.3, 0.4) is 0 Å². The summed E-state index contributed by atoms with van der Waals surface area (Å²) >= 11 is 0. The molecule has 1 aliphatic rings. The van der Waals surface area contributed by atoms with E-state index in [4.69, 9.17) is 15.5 Å². The molecule has 2 heterocycles. The van der Waals surface area contributed by atoms with Gasteiger partial charge in [-0.2, -0.15) is 0 Å². The molecule has 1 fully saturated rings. The van der Waals surface area contributed by atoms with Gasteiger partial charge in [-0.05, 0) is 31.2 Å². The first-order chi connectivity index (χ1) is 14.4. The second-order valence-corrected chi connectivity index (χ2v) is 7.12. The van der Waals surface area contributed by atoms with Gasteiger partial charge in [-0.15, -0.1) is 0 Å². The van der Waals surface area contributed by atoms with Gasteiger partial charge in [-0.25, -0.2) is 13.8 Å². The smallest absolute Gasteiger partial charge is 0.248 e. The van der Waals surface area contributed by atoms with Crippen molar-refractivity contribution in [2.75, 3.05) is 36.5 Å². The number of rotatable bonds is 5. The normalized spacial score (nSPS) is 15.2. The van der Waals surface area contributed by atoms with E-state index in [1.54, 1.807) is 18.3 Å². The van der Waals surface area contributed by atoms with E-state index in [2.05, 4.69) is 15.2 Å². The predicted molar refractivity (Wildman–Crippen MR) is 109 cm³/mol. The third-order valence-electron chi connectivity index (χ3n) is 5.05. The number of morpholine rings is 1. The van der Waals surface area contributed by atoms with Gasteiger partial charge in [0.25, 0.3) is 0 Å². The molecular formula is C21H21F2N5O2. The number of nitrogens with zero attached hydrogens (tertiary/aromatic N) is 3. The molecule has 1 atom stereocenters. The summed E-state index contributed by atoms with van der Waals surface area (Å²) in [5, 5.41) is 3.12. The van der Waals surface area contributed by atoms with E-state index >= 15 is 0 Å². The first-order valence-electron chi connectivity index (χ1n) is 9.57. The molecule has 4 rings (SSSR count). The fourth-order valence-corrected chi connectivity index (χ4v) is 3.46. The van der Waals surface area contributed by atoms with Crippen LogP contribution >= 0.6 is 0 Å². The molecule has 9 heteroatoms. The molecule has 1 aliphatic heterocycles. The second-order valence-electron chi connectivity index (χ2n) is 7.12. The van der Waals surface area contributed by atoms with Gasteiger partial charge in [0.1, 0.15) is 5.82 Å². The van der Waals surface area contributed by atoms with Crippen LogP contribution in [0.5, 0.6) is 0 Å². The maximum Gasteiger partial charge on any atom is 0.248 e. The maximum absolute atomic E-state index is 13.6. The number of nitrogens with one attached hydrogen (secondary N) is 1. The van der Waals surface area contributed by atoms with Gasteiger partial charge in [0.2, 0.25) is 5.91 Å². The van der Waals surface area contributed by atoms with Gasteiger partial charge in [0.15, 0.2) is 11.6 Å². The van der Waals surface area contributed by atoms with Crippen molar-refractivity contribution in [1.82, 2.24) is 9.97 Å². The lowest BCUT2D eigenvalue weighted by Crippen LogP contribution is -2.36. The van der Waals surface area contributed by atoms with Crippen LogP contribution in [0.15, 0.2) is 36.5 Å². The number of benzene rings is 2. The van der Waals surface area contributed by atoms with Crippen LogP contribution in [0.25, 0.3) is 11.0 Å². The first-order valence-corrected chi connectivity index (χ1v) is 9.57. The van der Waals surface area contributed by atoms with Crippen LogP contribution in [0.1, 0.15) is 28.9 Å². The molecule has 0 radical (unpaired) electrons. The highest BCUT2D eigenvalue weighted by atomic mass is 19.2. The Hall–Kier alpha value is -3.33. The summed E-state index contributed by atoms with van der Waals surface area (Å²) in [5.74, 6) is -1.75. The number of fused-ring (bicyclic) bond motifs is 1. The van der Waals surface area contributed by atoms with Crippen molar-refractivity contribution in [2.45, 2.75) is 13.0 Å². The van der Waals surface area contributed by atoms with E-state index in [9.17, 15) is 13.6 Å². The van der Waals surface area contributed by atoms with Gasteiger partial charge in [-0.3, -0.25) is 9.78 Å². The third kappa shape index (κ3) is 4.02. The lowest BCUT2D eigenvalue weighted by atomic mass is 10.0. The Morgan fingerprint density at radius 1 is 1.20 bits per heavy atom. The molecule has 2 aromatic carbocycles. The van der Waals surface area contributed by atoms with Crippen LogP contribution in [0.4, 0.5) is 20.3 Å². The van der Waals surface area contributed by atoms with Crippen molar-refractivity contribution in [3.05, 3.63) is 59.3 Å². The number of primary amides is 1. The topological polar surface area (TPSA) is 93.4 Å². The molecule has 1 aromatic heterocycles. The number of aromatic nitrogens is 2. The largest absolute Gasteiger partial charge is 0.378 e. The summed E-state index contributed by atoms with van der Waals surface area (Å²) < 4.78 is 32.2. The number of ether oxygens (including phenoxy) is 1.